The summed E-state index contributed by atoms with van der Waals surface area (Å²) >= 11 is 5.07. The van der Waals surface area contributed by atoms with Gasteiger partial charge in [0.1, 0.15) is 0 Å². The van der Waals surface area contributed by atoms with Crippen LogP contribution >= 0.6 is 27.7 Å². The van der Waals surface area contributed by atoms with E-state index >= 15 is 0 Å². The van der Waals surface area contributed by atoms with E-state index in [1.54, 1.807) is 36.0 Å². The summed E-state index contributed by atoms with van der Waals surface area (Å²) in [6, 6.07) is 6.99. The van der Waals surface area contributed by atoms with Crippen molar-refractivity contribution in [2.75, 3.05) is 23.4 Å². The molecule has 1 aliphatic rings. The van der Waals surface area contributed by atoms with Gasteiger partial charge in [0.15, 0.2) is 0 Å². The summed E-state index contributed by atoms with van der Waals surface area (Å²) in [5, 5.41) is 0.930. The molecule has 0 N–H and O–H groups in total. The Bertz CT molecular complexity index is 415. The second-order valence-electron chi connectivity index (χ2n) is 3.61. The molecule has 0 bridgehead atoms. The molecule has 0 aliphatic carbocycles. The standard InChI is InChI=1S/C12H12BrNO2S/c13-5-7-17-8-6-14-11(15)9-3-1-2-4-10(9)12(14)16/h1-4H,5-8H2. The maximum absolute atomic E-state index is 12.0. The van der Waals surface area contributed by atoms with Crippen molar-refractivity contribution in [3.05, 3.63) is 35.4 Å². The number of benzene rings is 1. The summed E-state index contributed by atoms with van der Waals surface area (Å²) < 4.78 is 0. The van der Waals surface area contributed by atoms with Crippen LogP contribution in [0.4, 0.5) is 0 Å². The van der Waals surface area contributed by atoms with E-state index in [9.17, 15) is 9.59 Å². The van der Waals surface area contributed by atoms with Crippen LogP contribution in [0.15, 0.2) is 24.3 Å². The highest BCUT2D eigenvalue weighted by Gasteiger charge is 2.34. The Kier molecular flexibility index (Phi) is 4.23. The maximum Gasteiger partial charge on any atom is 0.261 e. The zero-order valence-corrected chi connectivity index (χ0v) is 11.6. The molecular formula is C12H12BrNO2S. The van der Waals surface area contributed by atoms with Crippen molar-refractivity contribution < 1.29 is 9.59 Å². The van der Waals surface area contributed by atoms with Crippen molar-refractivity contribution in [1.29, 1.82) is 0 Å². The van der Waals surface area contributed by atoms with Crippen LogP contribution in [-0.4, -0.2) is 40.1 Å². The Balaban J connectivity index is 2.03. The average Bonchev–Trinajstić information content (AvgIpc) is 2.60. The van der Waals surface area contributed by atoms with Crippen LogP contribution < -0.4 is 0 Å². The lowest BCUT2D eigenvalue weighted by Gasteiger charge is -2.12. The minimum absolute atomic E-state index is 0.162. The fourth-order valence-electron chi connectivity index (χ4n) is 1.75. The van der Waals surface area contributed by atoms with Crippen molar-refractivity contribution in [2.45, 2.75) is 0 Å². The van der Waals surface area contributed by atoms with E-state index in [1.807, 2.05) is 0 Å². The molecule has 0 spiro atoms. The number of fused-ring (bicyclic) bond motifs is 1. The zero-order chi connectivity index (χ0) is 12.3. The molecule has 3 nitrogen and oxygen atoms in total. The third-order valence-corrected chi connectivity index (χ3v) is 4.44. The first-order valence-corrected chi connectivity index (χ1v) is 7.62. The minimum atomic E-state index is -0.162. The van der Waals surface area contributed by atoms with Crippen molar-refractivity contribution >= 4 is 39.5 Å². The number of carbonyl (C=O) groups is 2. The van der Waals surface area contributed by atoms with Gasteiger partial charge in [-0.25, -0.2) is 0 Å². The van der Waals surface area contributed by atoms with Gasteiger partial charge in [0.25, 0.3) is 11.8 Å². The predicted molar refractivity (Wildman–Crippen MR) is 72.9 cm³/mol. The Morgan fingerprint density at radius 3 is 2.18 bits per heavy atom. The highest BCUT2D eigenvalue weighted by atomic mass is 79.9. The molecule has 17 heavy (non-hydrogen) atoms. The number of rotatable bonds is 5. The molecular weight excluding hydrogens is 302 g/mol. The normalized spacial score (nSPS) is 14.3. The number of hydrogen-bond donors (Lipinski definition) is 0. The summed E-state index contributed by atoms with van der Waals surface area (Å²) in [5.41, 5.74) is 1.06. The Morgan fingerprint density at radius 1 is 1.06 bits per heavy atom. The topological polar surface area (TPSA) is 37.4 Å². The highest BCUT2D eigenvalue weighted by Crippen LogP contribution is 2.22. The second kappa shape index (κ2) is 5.69. The van der Waals surface area contributed by atoms with Crippen LogP contribution in [0.25, 0.3) is 0 Å². The fraction of sp³-hybridized carbons (Fsp3) is 0.333. The maximum atomic E-state index is 12.0. The van der Waals surface area contributed by atoms with Crippen LogP contribution in [0.5, 0.6) is 0 Å². The number of carbonyl (C=O) groups excluding carboxylic acids is 2. The molecule has 1 aromatic rings. The van der Waals surface area contributed by atoms with Crippen molar-refractivity contribution in [3.8, 4) is 0 Å². The van der Waals surface area contributed by atoms with Gasteiger partial charge in [0, 0.05) is 23.4 Å². The molecule has 0 fully saturated rings. The van der Waals surface area contributed by atoms with Gasteiger partial charge in [-0.15, -0.1) is 0 Å². The molecule has 1 heterocycles. The lowest BCUT2D eigenvalue weighted by molar-refractivity contribution is 0.0664. The van der Waals surface area contributed by atoms with Crippen LogP contribution in [0.1, 0.15) is 20.7 Å². The molecule has 0 saturated carbocycles. The first kappa shape index (κ1) is 12.6. The SMILES string of the molecule is O=C1c2ccccc2C(=O)N1CCSCCBr. The summed E-state index contributed by atoms with van der Waals surface area (Å²) in [6.45, 7) is 0.490. The third kappa shape index (κ3) is 2.55. The minimum Gasteiger partial charge on any atom is -0.274 e. The molecule has 0 unspecified atom stereocenters. The number of thioether (sulfide) groups is 1. The average molecular weight is 314 g/mol. The van der Waals surface area contributed by atoms with E-state index in [4.69, 9.17) is 0 Å². The Labute approximate surface area is 113 Å². The largest absolute Gasteiger partial charge is 0.274 e. The lowest BCUT2D eigenvalue weighted by Crippen LogP contribution is -2.31. The number of halogens is 1. The van der Waals surface area contributed by atoms with Crippen LogP contribution in [0, 0.1) is 0 Å². The number of alkyl halides is 1. The first-order chi connectivity index (χ1) is 8.25. The molecule has 5 heteroatoms. The molecule has 0 saturated heterocycles. The van der Waals surface area contributed by atoms with E-state index < -0.39 is 0 Å². The van der Waals surface area contributed by atoms with Gasteiger partial charge in [0.05, 0.1) is 11.1 Å². The van der Waals surface area contributed by atoms with E-state index in [0.717, 1.165) is 16.8 Å². The number of amides is 2. The van der Waals surface area contributed by atoms with Gasteiger partial charge < -0.3 is 0 Å². The number of nitrogens with zero attached hydrogens (tertiary/aromatic N) is 1. The summed E-state index contributed by atoms with van der Waals surface area (Å²) in [7, 11) is 0. The fourth-order valence-corrected chi connectivity index (χ4v) is 3.07. The number of imide groups is 1. The first-order valence-electron chi connectivity index (χ1n) is 5.34. The number of hydrogen-bond acceptors (Lipinski definition) is 3. The molecule has 90 valence electrons. The van der Waals surface area contributed by atoms with Crippen molar-refractivity contribution in [2.24, 2.45) is 0 Å². The van der Waals surface area contributed by atoms with Gasteiger partial charge in [-0.3, -0.25) is 14.5 Å². The Morgan fingerprint density at radius 2 is 1.65 bits per heavy atom. The highest BCUT2D eigenvalue weighted by molar-refractivity contribution is 9.09. The van der Waals surface area contributed by atoms with Gasteiger partial charge in [-0.1, -0.05) is 28.1 Å². The molecule has 1 aromatic carbocycles. The molecule has 0 radical (unpaired) electrons. The quantitative estimate of drug-likeness (QED) is 0.476. The summed E-state index contributed by atoms with van der Waals surface area (Å²) in [4.78, 5) is 25.3. The van der Waals surface area contributed by atoms with E-state index in [-0.39, 0.29) is 11.8 Å². The molecule has 2 amide bonds. The van der Waals surface area contributed by atoms with Crippen molar-refractivity contribution in [3.63, 3.8) is 0 Å². The van der Waals surface area contributed by atoms with Crippen molar-refractivity contribution in [1.82, 2.24) is 4.90 Å². The monoisotopic (exact) mass is 313 g/mol. The predicted octanol–water partition coefficient (Wildman–Crippen LogP) is 2.41. The molecule has 0 atom stereocenters. The third-order valence-electron chi connectivity index (χ3n) is 2.56. The van der Waals surface area contributed by atoms with Gasteiger partial charge in [-0.05, 0) is 12.1 Å². The van der Waals surface area contributed by atoms with E-state index in [2.05, 4.69) is 15.9 Å². The van der Waals surface area contributed by atoms with Gasteiger partial charge in [0.2, 0.25) is 0 Å². The van der Waals surface area contributed by atoms with Crippen LogP contribution in [-0.2, 0) is 0 Å². The van der Waals surface area contributed by atoms with E-state index in [0.29, 0.717) is 17.7 Å². The van der Waals surface area contributed by atoms with Crippen LogP contribution in [0.2, 0.25) is 0 Å². The summed E-state index contributed by atoms with van der Waals surface area (Å²) in [6.07, 6.45) is 0. The summed E-state index contributed by atoms with van der Waals surface area (Å²) in [5.74, 6) is 1.45. The molecule has 2 rings (SSSR count). The Hall–Kier alpha value is -0.810. The van der Waals surface area contributed by atoms with Crippen LogP contribution in [0.3, 0.4) is 0 Å². The van der Waals surface area contributed by atoms with Gasteiger partial charge >= 0.3 is 0 Å². The second-order valence-corrected chi connectivity index (χ2v) is 5.63. The zero-order valence-electron chi connectivity index (χ0n) is 9.19. The smallest absolute Gasteiger partial charge is 0.261 e. The molecule has 0 aromatic heterocycles. The lowest BCUT2D eigenvalue weighted by atomic mass is 10.1. The van der Waals surface area contributed by atoms with Gasteiger partial charge in [-0.2, -0.15) is 11.8 Å². The molecule has 1 aliphatic heterocycles. The van der Waals surface area contributed by atoms with E-state index in [1.165, 1.54) is 4.90 Å².